The smallest absolute Gasteiger partial charge is 0.335 e. The Labute approximate surface area is 117 Å². The summed E-state index contributed by atoms with van der Waals surface area (Å²) in [6, 6.07) is 8.79. The van der Waals surface area contributed by atoms with Crippen molar-refractivity contribution in [3.05, 3.63) is 57.8 Å². The van der Waals surface area contributed by atoms with Crippen molar-refractivity contribution in [3.8, 4) is 11.5 Å². The third-order valence-corrected chi connectivity index (χ3v) is 3.43. The minimum atomic E-state index is -1.18. The molecule has 0 aliphatic rings. The summed E-state index contributed by atoms with van der Waals surface area (Å²) in [6.45, 7) is 1.89. The van der Waals surface area contributed by atoms with Gasteiger partial charge in [0.2, 0.25) is 0 Å². The van der Waals surface area contributed by atoms with Gasteiger partial charge in [-0.25, -0.2) is 9.18 Å². The van der Waals surface area contributed by atoms with Gasteiger partial charge in [0.05, 0.1) is 5.56 Å². The molecule has 0 bridgehead atoms. The minimum Gasteiger partial charge on any atom is -0.478 e. The van der Waals surface area contributed by atoms with E-state index >= 15 is 0 Å². The summed E-state index contributed by atoms with van der Waals surface area (Å²) in [7, 11) is 0. The first-order valence-corrected chi connectivity index (χ1v) is 6.23. The Balaban J connectivity index is 2.28. The molecule has 98 valence electrons. The quantitative estimate of drug-likeness (QED) is 0.910. The van der Waals surface area contributed by atoms with Crippen molar-refractivity contribution < 1.29 is 19.0 Å². The number of ether oxygens (including phenoxy) is 1. The van der Waals surface area contributed by atoms with E-state index < -0.39 is 11.8 Å². The van der Waals surface area contributed by atoms with Crippen LogP contribution in [-0.4, -0.2) is 11.1 Å². The van der Waals surface area contributed by atoms with Gasteiger partial charge in [-0.15, -0.1) is 0 Å². The van der Waals surface area contributed by atoms with Gasteiger partial charge in [-0.2, -0.15) is 0 Å². The molecule has 0 aliphatic carbocycles. The highest BCUT2D eigenvalue weighted by molar-refractivity contribution is 9.10. The van der Waals surface area contributed by atoms with Crippen LogP contribution in [0, 0.1) is 12.7 Å². The summed E-state index contributed by atoms with van der Waals surface area (Å²) in [5.41, 5.74) is 0.844. The minimum absolute atomic E-state index is 0.00766. The standard InChI is InChI=1S/C14H10BrFO3/c1-8-6-10(3-4-11(8)15)19-13-5-2-9(14(17)18)7-12(13)16/h2-7H,1H3,(H,17,18). The Hall–Kier alpha value is -1.88. The Morgan fingerprint density at radius 1 is 1.26 bits per heavy atom. The van der Waals surface area contributed by atoms with Gasteiger partial charge < -0.3 is 9.84 Å². The molecule has 2 aromatic rings. The number of aryl methyl sites for hydroxylation is 1. The van der Waals surface area contributed by atoms with Gasteiger partial charge in [-0.05, 0) is 48.9 Å². The fourth-order valence-electron chi connectivity index (χ4n) is 1.52. The molecule has 0 unspecified atom stereocenters. The molecule has 0 heterocycles. The van der Waals surface area contributed by atoms with Crippen LogP contribution in [0.2, 0.25) is 0 Å². The molecule has 0 atom stereocenters. The topological polar surface area (TPSA) is 46.5 Å². The molecule has 0 saturated carbocycles. The molecule has 0 spiro atoms. The van der Waals surface area contributed by atoms with Crippen molar-refractivity contribution in [3.63, 3.8) is 0 Å². The zero-order valence-corrected chi connectivity index (χ0v) is 11.6. The van der Waals surface area contributed by atoms with Crippen molar-refractivity contribution in [2.75, 3.05) is 0 Å². The fourth-order valence-corrected chi connectivity index (χ4v) is 1.77. The number of aromatic carboxylic acids is 1. The molecular weight excluding hydrogens is 315 g/mol. The number of carbonyl (C=O) groups is 1. The first-order chi connectivity index (χ1) is 8.97. The monoisotopic (exact) mass is 324 g/mol. The third kappa shape index (κ3) is 3.12. The van der Waals surface area contributed by atoms with Crippen LogP contribution in [0.1, 0.15) is 15.9 Å². The highest BCUT2D eigenvalue weighted by Crippen LogP contribution is 2.28. The molecule has 0 radical (unpaired) electrons. The molecule has 0 saturated heterocycles. The Morgan fingerprint density at radius 2 is 2.00 bits per heavy atom. The maximum atomic E-state index is 13.7. The number of hydrogen-bond acceptors (Lipinski definition) is 2. The second-order valence-electron chi connectivity index (χ2n) is 3.96. The van der Waals surface area contributed by atoms with Gasteiger partial charge in [0, 0.05) is 4.47 Å². The normalized spacial score (nSPS) is 10.3. The second-order valence-corrected chi connectivity index (χ2v) is 4.82. The number of rotatable bonds is 3. The van der Waals surface area contributed by atoms with Gasteiger partial charge in [-0.1, -0.05) is 15.9 Å². The fraction of sp³-hybridized carbons (Fsp3) is 0.0714. The van der Waals surface area contributed by atoms with Crippen LogP contribution < -0.4 is 4.74 Å². The van der Waals surface area contributed by atoms with Crippen molar-refractivity contribution in [2.24, 2.45) is 0 Å². The van der Waals surface area contributed by atoms with E-state index in [1.165, 1.54) is 12.1 Å². The number of hydrogen-bond donors (Lipinski definition) is 1. The second kappa shape index (κ2) is 5.40. The Bertz CT molecular complexity index is 641. The molecule has 0 amide bonds. The van der Waals surface area contributed by atoms with Gasteiger partial charge in [-0.3, -0.25) is 0 Å². The molecule has 2 rings (SSSR count). The van der Waals surface area contributed by atoms with E-state index in [0.29, 0.717) is 5.75 Å². The zero-order chi connectivity index (χ0) is 14.0. The van der Waals surface area contributed by atoms with E-state index in [4.69, 9.17) is 9.84 Å². The van der Waals surface area contributed by atoms with Gasteiger partial charge in [0.25, 0.3) is 0 Å². The van der Waals surface area contributed by atoms with Crippen molar-refractivity contribution in [1.29, 1.82) is 0 Å². The van der Waals surface area contributed by atoms with Gasteiger partial charge in [0.1, 0.15) is 5.75 Å². The number of carboxylic acids is 1. The summed E-state index contributed by atoms with van der Waals surface area (Å²) in [6.07, 6.45) is 0. The summed E-state index contributed by atoms with van der Waals surface area (Å²) in [5.74, 6) is -1.40. The molecule has 3 nitrogen and oxygen atoms in total. The van der Waals surface area contributed by atoms with E-state index in [1.54, 1.807) is 18.2 Å². The van der Waals surface area contributed by atoms with Crippen LogP contribution in [-0.2, 0) is 0 Å². The van der Waals surface area contributed by atoms with E-state index in [9.17, 15) is 9.18 Å². The van der Waals surface area contributed by atoms with Gasteiger partial charge in [0.15, 0.2) is 11.6 Å². The molecule has 5 heteroatoms. The molecular formula is C14H10BrFO3. The lowest BCUT2D eigenvalue weighted by molar-refractivity contribution is 0.0696. The maximum Gasteiger partial charge on any atom is 0.335 e. The van der Waals surface area contributed by atoms with Crippen molar-refractivity contribution in [2.45, 2.75) is 6.92 Å². The molecule has 0 aromatic heterocycles. The predicted molar refractivity (Wildman–Crippen MR) is 72.3 cm³/mol. The van der Waals surface area contributed by atoms with Crippen LogP contribution in [0.5, 0.6) is 11.5 Å². The Kier molecular flexibility index (Phi) is 3.85. The average molecular weight is 325 g/mol. The van der Waals surface area contributed by atoms with Crippen LogP contribution >= 0.6 is 15.9 Å². The zero-order valence-electron chi connectivity index (χ0n) is 9.98. The van der Waals surface area contributed by atoms with Gasteiger partial charge >= 0.3 is 5.97 Å². The molecule has 19 heavy (non-hydrogen) atoms. The van der Waals surface area contributed by atoms with E-state index in [0.717, 1.165) is 16.1 Å². The van der Waals surface area contributed by atoms with Crippen LogP contribution in [0.3, 0.4) is 0 Å². The highest BCUT2D eigenvalue weighted by Gasteiger charge is 2.10. The van der Waals surface area contributed by atoms with Crippen LogP contribution in [0.15, 0.2) is 40.9 Å². The first kappa shape index (κ1) is 13.5. The number of carboxylic acid groups (broad SMARTS) is 1. The largest absolute Gasteiger partial charge is 0.478 e. The average Bonchev–Trinajstić information content (AvgIpc) is 2.36. The summed E-state index contributed by atoms with van der Waals surface area (Å²) in [4.78, 5) is 10.7. The van der Waals surface area contributed by atoms with E-state index in [1.807, 2.05) is 6.92 Å². The van der Waals surface area contributed by atoms with E-state index in [2.05, 4.69) is 15.9 Å². The number of benzene rings is 2. The first-order valence-electron chi connectivity index (χ1n) is 5.44. The molecule has 0 fully saturated rings. The maximum absolute atomic E-state index is 13.7. The summed E-state index contributed by atoms with van der Waals surface area (Å²) >= 11 is 3.36. The predicted octanol–water partition coefficient (Wildman–Crippen LogP) is 4.39. The number of halogens is 2. The Morgan fingerprint density at radius 3 is 2.58 bits per heavy atom. The lowest BCUT2D eigenvalue weighted by Crippen LogP contribution is -1.98. The van der Waals surface area contributed by atoms with Crippen molar-refractivity contribution in [1.82, 2.24) is 0 Å². The van der Waals surface area contributed by atoms with E-state index in [-0.39, 0.29) is 11.3 Å². The highest BCUT2D eigenvalue weighted by atomic mass is 79.9. The molecule has 0 aliphatic heterocycles. The molecule has 2 aromatic carbocycles. The third-order valence-electron chi connectivity index (χ3n) is 2.54. The summed E-state index contributed by atoms with van der Waals surface area (Å²) in [5, 5.41) is 8.74. The van der Waals surface area contributed by atoms with Crippen molar-refractivity contribution >= 4 is 21.9 Å². The molecule has 1 N–H and O–H groups in total. The van der Waals surface area contributed by atoms with Crippen LogP contribution in [0.25, 0.3) is 0 Å². The SMILES string of the molecule is Cc1cc(Oc2ccc(C(=O)O)cc2F)ccc1Br. The van der Waals surface area contributed by atoms with Crippen LogP contribution in [0.4, 0.5) is 4.39 Å². The lowest BCUT2D eigenvalue weighted by atomic mass is 10.2. The summed E-state index contributed by atoms with van der Waals surface area (Å²) < 4.78 is 20.0. The lowest BCUT2D eigenvalue weighted by Gasteiger charge is -2.08.